The Kier molecular flexibility index (Phi) is 7.36. The predicted molar refractivity (Wildman–Crippen MR) is 123 cm³/mol. The number of hydrogen-bond donors (Lipinski definition) is 0. The smallest absolute Gasteiger partial charge is 0.242 e. The van der Waals surface area contributed by atoms with Gasteiger partial charge in [-0.25, -0.2) is 0 Å². The molecule has 2 aromatic rings. The van der Waals surface area contributed by atoms with Crippen molar-refractivity contribution in [2.24, 2.45) is 13.0 Å². The topological polar surface area (TPSA) is 101 Å². The van der Waals surface area contributed by atoms with Gasteiger partial charge < -0.3 is 19.4 Å². The van der Waals surface area contributed by atoms with Crippen LogP contribution in [0.1, 0.15) is 17.5 Å². The van der Waals surface area contributed by atoms with Crippen LogP contribution in [0.25, 0.3) is 0 Å². The Bertz CT molecular complexity index is 1040. The largest absolute Gasteiger partial charge is 0.370 e. The van der Waals surface area contributed by atoms with Crippen LogP contribution in [-0.2, 0) is 39.3 Å². The van der Waals surface area contributed by atoms with Gasteiger partial charge in [0.1, 0.15) is 0 Å². The Hall–Kier alpha value is -3.53. The molecule has 0 aromatic carbocycles. The van der Waals surface area contributed by atoms with E-state index in [9.17, 15) is 14.4 Å². The van der Waals surface area contributed by atoms with Gasteiger partial charge in [-0.1, -0.05) is 12.1 Å². The summed E-state index contributed by atoms with van der Waals surface area (Å²) in [6.07, 6.45) is 8.44. The van der Waals surface area contributed by atoms with Gasteiger partial charge in [-0.3, -0.25) is 24.0 Å². The Labute approximate surface area is 198 Å². The lowest BCUT2D eigenvalue weighted by Crippen LogP contribution is -2.43. The van der Waals surface area contributed by atoms with Gasteiger partial charge in [0, 0.05) is 70.3 Å². The average molecular weight is 467 g/mol. The van der Waals surface area contributed by atoms with Crippen molar-refractivity contribution in [3.05, 3.63) is 60.7 Å². The first-order valence-corrected chi connectivity index (χ1v) is 11.4. The Morgan fingerprint density at radius 1 is 1.18 bits per heavy atom. The minimum atomic E-state index is -0.468. The zero-order valence-corrected chi connectivity index (χ0v) is 19.4. The third-order valence-electron chi connectivity index (χ3n) is 6.09. The van der Waals surface area contributed by atoms with Crippen LogP contribution in [0.2, 0.25) is 0 Å². The fourth-order valence-electron chi connectivity index (χ4n) is 4.40. The highest BCUT2D eigenvalue weighted by Crippen LogP contribution is 2.22. The van der Waals surface area contributed by atoms with E-state index >= 15 is 0 Å². The Morgan fingerprint density at radius 3 is 2.74 bits per heavy atom. The van der Waals surface area contributed by atoms with Gasteiger partial charge in [0.2, 0.25) is 17.7 Å². The number of carbonyl (C=O) groups is 3. The van der Waals surface area contributed by atoms with Crippen LogP contribution in [0.5, 0.6) is 0 Å². The molecule has 34 heavy (non-hydrogen) atoms. The van der Waals surface area contributed by atoms with E-state index in [2.05, 4.69) is 16.7 Å². The number of pyridine rings is 1. The van der Waals surface area contributed by atoms with Crippen molar-refractivity contribution in [1.82, 2.24) is 29.5 Å². The number of nitrogens with zero attached hydrogens (tertiary/aromatic N) is 6. The highest BCUT2D eigenvalue weighted by atomic mass is 16.5. The van der Waals surface area contributed by atoms with Crippen LogP contribution in [0.3, 0.4) is 0 Å². The molecular weight excluding hydrogens is 436 g/mol. The molecule has 3 amide bonds. The number of hydrogen-bond acceptors (Lipinski definition) is 6. The molecule has 0 radical (unpaired) electrons. The van der Waals surface area contributed by atoms with E-state index in [1.54, 1.807) is 44.0 Å². The predicted octanol–water partition coefficient (Wildman–Crippen LogP) is 0.606. The monoisotopic (exact) mass is 466 g/mol. The van der Waals surface area contributed by atoms with Gasteiger partial charge in [-0.2, -0.15) is 5.10 Å². The lowest BCUT2D eigenvalue weighted by atomic mass is 10.1. The van der Waals surface area contributed by atoms with Crippen molar-refractivity contribution < 1.29 is 19.1 Å². The highest BCUT2D eigenvalue weighted by Gasteiger charge is 2.39. The number of ether oxygens (including phenoxy) is 1. The summed E-state index contributed by atoms with van der Waals surface area (Å²) in [6, 6.07) is 3.76. The van der Waals surface area contributed by atoms with E-state index in [0.29, 0.717) is 32.8 Å². The fraction of sp³-hybridized carbons (Fsp3) is 0.458. The summed E-state index contributed by atoms with van der Waals surface area (Å²) in [5, 5.41) is 4.18. The van der Waals surface area contributed by atoms with Gasteiger partial charge >= 0.3 is 0 Å². The zero-order chi connectivity index (χ0) is 24.1. The maximum Gasteiger partial charge on any atom is 0.242 e. The summed E-state index contributed by atoms with van der Waals surface area (Å²) >= 11 is 0. The molecule has 0 bridgehead atoms. The Morgan fingerprint density at radius 2 is 2.03 bits per heavy atom. The second-order valence-corrected chi connectivity index (χ2v) is 8.80. The van der Waals surface area contributed by atoms with Crippen molar-refractivity contribution >= 4 is 17.7 Å². The molecule has 0 unspecified atom stereocenters. The summed E-state index contributed by atoms with van der Waals surface area (Å²) in [5.74, 6) is -0.880. The number of amides is 3. The number of aryl methyl sites for hydroxylation is 1. The van der Waals surface area contributed by atoms with Crippen LogP contribution < -0.4 is 0 Å². The molecule has 2 fully saturated rings. The standard InChI is InChI=1S/C24H30N6O4/c1-3-7-28-13-20(8-22(28)31)24(33)30-15-21(34-17-18-5-4-6-25-9-18)14-29(23(32)16-30)12-19-10-26-27(2)11-19/h3-6,9-11,20-21H,1,7-8,12-17H2,2H3/t20-,21-/m0/s1. The van der Waals surface area contributed by atoms with E-state index in [1.807, 2.05) is 25.4 Å². The third-order valence-corrected chi connectivity index (χ3v) is 6.09. The van der Waals surface area contributed by atoms with E-state index in [-0.39, 0.29) is 43.3 Å². The second kappa shape index (κ2) is 10.6. The lowest BCUT2D eigenvalue weighted by Gasteiger charge is -2.26. The fourth-order valence-corrected chi connectivity index (χ4v) is 4.40. The van der Waals surface area contributed by atoms with Crippen molar-refractivity contribution in [2.75, 3.05) is 32.7 Å². The first kappa shape index (κ1) is 23.6. The number of aromatic nitrogens is 3. The van der Waals surface area contributed by atoms with Crippen molar-refractivity contribution in [1.29, 1.82) is 0 Å². The average Bonchev–Trinajstić information content (AvgIpc) is 3.36. The summed E-state index contributed by atoms with van der Waals surface area (Å²) in [6.45, 7) is 5.73. The van der Waals surface area contributed by atoms with Crippen molar-refractivity contribution in [2.45, 2.75) is 25.7 Å². The molecule has 2 aliphatic heterocycles. The highest BCUT2D eigenvalue weighted by molar-refractivity contribution is 5.91. The molecule has 180 valence electrons. The minimum Gasteiger partial charge on any atom is -0.370 e. The van der Waals surface area contributed by atoms with E-state index in [4.69, 9.17) is 4.74 Å². The van der Waals surface area contributed by atoms with Crippen LogP contribution in [0.15, 0.2) is 49.6 Å². The van der Waals surface area contributed by atoms with Crippen LogP contribution in [-0.4, -0.2) is 86.0 Å². The number of likely N-dealkylation sites (tertiary alicyclic amines) is 1. The molecule has 10 heteroatoms. The summed E-state index contributed by atoms with van der Waals surface area (Å²) in [5.41, 5.74) is 1.82. The van der Waals surface area contributed by atoms with Gasteiger partial charge in [0.25, 0.3) is 0 Å². The summed E-state index contributed by atoms with van der Waals surface area (Å²) in [7, 11) is 1.83. The molecular formula is C24H30N6O4. The molecule has 4 rings (SSSR count). The first-order valence-electron chi connectivity index (χ1n) is 11.4. The van der Waals surface area contributed by atoms with Gasteiger partial charge in [0.15, 0.2) is 0 Å². The van der Waals surface area contributed by atoms with Crippen LogP contribution in [0, 0.1) is 5.92 Å². The molecule has 2 aliphatic rings. The third kappa shape index (κ3) is 5.69. The quantitative estimate of drug-likeness (QED) is 0.529. The van der Waals surface area contributed by atoms with Crippen molar-refractivity contribution in [3.8, 4) is 0 Å². The van der Waals surface area contributed by atoms with E-state index < -0.39 is 5.92 Å². The summed E-state index contributed by atoms with van der Waals surface area (Å²) < 4.78 is 7.85. The molecule has 2 saturated heterocycles. The molecule has 4 heterocycles. The second-order valence-electron chi connectivity index (χ2n) is 8.80. The molecule has 0 aliphatic carbocycles. The number of carbonyl (C=O) groups excluding carboxylic acids is 3. The minimum absolute atomic E-state index is 0.0437. The van der Waals surface area contributed by atoms with E-state index in [0.717, 1.165) is 11.1 Å². The van der Waals surface area contributed by atoms with Gasteiger partial charge in [-0.15, -0.1) is 6.58 Å². The van der Waals surface area contributed by atoms with Gasteiger partial charge in [-0.05, 0) is 11.6 Å². The molecule has 0 spiro atoms. The first-order chi connectivity index (χ1) is 16.4. The summed E-state index contributed by atoms with van der Waals surface area (Å²) in [4.78, 5) is 47.8. The van der Waals surface area contributed by atoms with Crippen molar-refractivity contribution in [3.63, 3.8) is 0 Å². The molecule has 2 aromatic heterocycles. The zero-order valence-electron chi connectivity index (χ0n) is 19.4. The number of rotatable bonds is 8. The molecule has 0 saturated carbocycles. The van der Waals surface area contributed by atoms with Crippen LogP contribution >= 0.6 is 0 Å². The maximum absolute atomic E-state index is 13.4. The molecule has 2 atom stereocenters. The molecule has 10 nitrogen and oxygen atoms in total. The van der Waals surface area contributed by atoms with Gasteiger partial charge in [0.05, 0.1) is 31.4 Å². The Balaban J connectivity index is 1.49. The lowest BCUT2D eigenvalue weighted by molar-refractivity contribution is -0.141. The normalized spacial score (nSPS) is 21.1. The SMILES string of the molecule is C=CCN1C[C@@H](C(=O)N2CC(=O)N(Cc3cnn(C)c3)C[C@H](OCc3cccnc3)C2)CC1=O. The van der Waals surface area contributed by atoms with Crippen LogP contribution in [0.4, 0.5) is 0 Å². The van der Waals surface area contributed by atoms with E-state index in [1.165, 1.54) is 0 Å². The molecule has 0 N–H and O–H groups in total. The maximum atomic E-state index is 13.4.